The van der Waals surface area contributed by atoms with Crippen molar-refractivity contribution < 1.29 is 17.6 Å². The Balaban J connectivity index is 0.000000251. The molecule has 6 nitrogen and oxygen atoms in total. The maximum absolute atomic E-state index is 10.8. The lowest BCUT2D eigenvalue weighted by atomic mass is 10.1. The summed E-state index contributed by atoms with van der Waals surface area (Å²) in [5.74, 6) is 5.56. The van der Waals surface area contributed by atoms with Crippen molar-refractivity contribution in [3.63, 3.8) is 0 Å². The molecule has 1 aromatic carbocycles. The Morgan fingerprint density at radius 2 is 1.80 bits per heavy atom. The molecule has 0 aliphatic carbocycles. The molecule has 2 rings (SSSR count). The van der Waals surface area contributed by atoms with E-state index in [0.29, 0.717) is 21.8 Å². The minimum Gasteiger partial charge on any atom is -0.744 e. The fourth-order valence-electron chi connectivity index (χ4n) is 2.39. The van der Waals surface area contributed by atoms with Crippen LogP contribution in [0, 0.1) is 32.1 Å². The zero-order valence-corrected chi connectivity index (χ0v) is 17.0. The van der Waals surface area contributed by atoms with Crippen molar-refractivity contribution in [2.75, 3.05) is 5.84 Å². The molecule has 0 atom stereocenters. The number of nitrogens with two attached hydrogens (primary N) is 1. The number of rotatable bonds is 2. The molecule has 1 heterocycles. The van der Waals surface area contributed by atoms with Gasteiger partial charge in [0.05, 0.1) is 15.4 Å². The average Bonchev–Trinajstić information content (AvgIpc) is 2.40. The van der Waals surface area contributed by atoms with Crippen LogP contribution in [0.2, 0.25) is 5.02 Å². The number of aromatic nitrogens is 1. The fourth-order valence-corrected chi connectivity index (χ4v) is 4.16. The Morgan fingerprint density at radius 1 is 1.28 bits per heavy atom. The molecule has 0 bridgehead atoms. The number of pyridine rings is 1. The van der Waals surface area contributed by atoms with Crippen LogP contribution in [0.15, 0.2) is 33.8 Å². The lowest BCUT2D eigenvalue weighted by Gasteiger charge is -2.14. The third-order valence-electron chi connectivity index (χ3n) is 3.22. The number of nitrogens with zero attached hydrogens (tertiary/aromatic N) is 2. The molecule has 0 saturated heterocycles. The topological polar surface area (TPSA) is 111 Å². The highest BCUT2D eigenvalue weighted by molar-refractivity contribution is 9.10. The van der Waals surface area contributed by atoms with Crippen LogP contribution in [0.5, 0.6) is 0 Å². The lowest BCUT2D eigenvalue weighted by molar-refractivity contribution is -0.646. The Kier molecular flexibility index (Phi) is 7.38. The van der Waals surface area contributed by atoms with Gasteiger partial charge in [-0.2, -0.15) is 5.26 Å². The maximum Gasteiger partial charge on any atom is 0.243 e. The summed E-state index contributed by atoms with van der Waals surface area (Å²) in [7, 11) is -4.33. The van der Waals surface area contributed by atoms with Gasteiger partial charge < -0.3 is 4.55 Å². The van der Waals surface area contributed by atoms with Crippen molar-refractivity contribution in [3.05, 3.63) is 56.3 Å². The van der Waals surface area contributed by atoms with E-state index in [2.05, 4.69) is 15.9 Å². The Morgan fingerprint density at radius 3 is 2.20 bits per heavy atom. The van der Waals surface area contributed by atoms with E-state index in [-0.39, 0.29) is 11.3 Å². The second-order valence-corrected chi connectivity index (χ2v) is 8.02. The number of benzene rings is 1. The summed E-state index contributed by atoms with van der Waals surface area (Å²) in [5, 5.41) is 8.94. The summed E-state index contributed by atoms with van der Waals surface area (Å²) in [6.07, 6.45) is 1.86. The largest absolute Gasteiger partial charge is 0.744 e. The van der Waals surface area contributed by atoms with Gasteiger partial charge in [-0.05, 0) is 53.9 Å². The molecule has 1 aromatic heterocycles. The first-order valence-electron chi connectivity index (χ1n) is 7.02. The van der Waals surface area contributed by atoms with Crippen molar-refractivity contribution in [1.82, 2.24) is 0 Å². The van der Waals surface area contributed by atoms with E-state index in [1.54, 1.807) is 38.2 Å². The zero-order chi connectivity index (χ0) is 19.4. The first-order chi connectivity index (χ1) is 11.5. The van der Waals surface area contributed by atoms with Crippen molar-refractivity contribution in [2.45, 2.75) is 32.1 Å². The standard InChI is InChI=1S/C9H12O3S.C7H6BrClN3/c1-6-4-7(2)9(8(3)5-6)13(10,11)12;8-5-3-6(9)7(1-2-10)12(11)4-5/h4-5H,1-3H3,(H,10,11,12);3-4H,1,11H2/q;+1/p-1. The van der Waals surface area contributed by atoms with Crippen LogP contribution in [0.25, 0.3) is 0 Å². The number of hydrogen-bond donors (Lipinski definition) is 1. The summed E-state index contributed by atoms with van der Waals surface area (Å²) in [4.78, 5) is -0.0851. The summed E-state index contributed by atoms with van der Waals surface area (Å²) < 4.78 is 34.6. The van der Waals surface area contributed by atoms with Gasteiger partial charge in [-0.25, -0.2) is 14.3 Å². The highest BCUT2D eigenvalue weighted by atomic mass is 79.9. The maximum atomic E-state index is 10.8. The molecule has 134 valence electrons. The van der Waals surface area contributed by atoms with E-state index in [9.17, 15) is 13.0 Å². The van der Waals surface area contributed by atoms with Gasteiger partial charge in [0, 0.05) is 0 Å². The molecule has 0 unspecified atom stereocenters. The summed E-state index contributed by atoms with van der Waals surface area (Å²) in [6.45, 7) is 5.12. The quantitative estimate of drug-likeness (QED) is 0.433. The van der Waals surface area contributed by atoms with Gasteiger partial charge in [-0.3, -0.25) is 0 Å². The number of halogens is 2. The normalized spacial score (nSPS) is 10.6. The molecule has 9 heteroatoms. The second-order valence-electron chi connectivity index (χ2n) is 5.38. The average molecular weight is 447 g/mol. The van der Waals surface area contributed by atoms with Gasteiger partial charge in [0.15, 0.2) is 0 Å². The van der Waals surface area contributed by atoms with Crippen LogP contribution in [0.4, 0.5) is 0 Å². The van der Waals surface area contributed by atoms with E-state index < -0.39 is 10.1 Å². The van der Waals surface area contributed by atoms with Crippen LogP contribution < -0.4 is 10.5 Å². The Labute approximate surface area is 160 Å². The van der Waals surface area contributed by atoms with Crippen molar-refractivity contribution in [2.24, 2.45) is 0 Å². The first kappa shape index (κ1) is 21.4. The molecule has 25 heavy (non-hydrogen) atoms. The Hall–Kier alpha value is -1.66. The number of nitrogen functional groups attached to an aromatic ring is 1. The minimum atomic E-state index is -4.33. The van der Waals surface area contributed by atoms with Crippen molar-refractivity contribution in [3.8, 4) is 6.07 Å². The summed E-state index contributed by atoms with van der Waals surface area (Å²) in [6, 6.07) is 7.07. The molecule has 0 aliphatic rings. The molecular formula is C16H17BrClN3O3S. The van der Waals surface area contributed by atoms with Crippen LogP contribution >= 0.6 is 27.5 Å². The molecule has 0 fully saturated rings. The number of hydrogen-bond acceptors (Lipinski definition) is 5. The lowest BCUT2D eigenvalue weighted by Crippen LogP contribution is -2.48. The van der Waals surface area contributed by atoms with E-state index in [1.165, 1.54) is 4.68 Å². The van der Waals surface area contributed by atoms with Gasteiger partial charge >= 0.3 is 0 Å². The van der Waals surface area contributed by atoms with E-state index >= 15 is 0 Å². The predicted octanol–water partition coefficient (Wildman–Crippen LogP) is 2.69. The van der Waals surface area contributed by atoms with Crippen LogP contribution in [-0.2, 0) is 16.5 Å². The highest BCUT2D eigenvalue weighted by Crippen LogP contribution is 2.21. The zero-order valence-electron chi connectivity index (χ0n) is 13.9. The number of aryl methyl sites for hydroxylation is 3. The van der Waals surface area contributed by atoms with Gasteiger partial charge in [0.25, 0.3) is 0 Å². The molecule has 0 spiro atoms. The molecule has 0 aliphatic heterocycles. The number of nitriles is 1. The van der Waals surface area contributed by atoms with Gasteiger partial charge in [-0.1, -0.05) is 34.0 Å². The van der Waals surface area contributed by atoms with Gasteiger partial charge in [0.2, 0.25) is 11.9 Å². The molecular weight excluding hydrogens is 430 g/mol. The SMILES string of the molecule is Cc1cc(C)c(S(=O)(=O)[O-])c(C)c1.N#CCc1c(Cl)cc(Br)c[n+]1N. The first-order valence-corrected chi connectivity index (χ1v) is 9.60. The van der Waals surface area contributed by atoms with Gasteiger partial charge in [0.1, 0.15) is 21.6 Å². The highest BCUT2D eigenvalue weighted by Gasteiger charge is 2.14. The molecule has 2 N–H and O–H groups in total. The predicted molar refractivity (Wildman–Crippen MR) is 97.4 cm³/mol. The van der Waals surface area contributed by atoms with Crippen LogP contribution in [-0.4, -0.2) is 13.0 Å². The Bertz CT molecular complexity index is 894. The molecule has 2 aromatic rings. The summed E-state index contributed by atoms with van der Waals surface area (Å²) >= 11 is 9.06. The van der Waals surface area contributed by atoms with Gasteiger partial charge in [-0.15, -0.1) is 0 Å². The van der Waals surface area contributed by atoms with Crippen LogP contribution in [0.1, 0.15) is 22.4 Å². The van der Waals surface area contributed by atoms with E-state index in [1.807, 2.05) is 13.0 Å². The molecule has 0 radical (unpaired) electrons. The van der Waals surface area contributed by atoms with Crippen molar-refractivity contribution >= 4 is 37.6 Å². The second kappa shape index (κ2) is 8.63. The minimum absolute atomic E-state index is 0.0851. The van der Waals surface area contributed by atoms with Crippen molar-refractivity contribution in [1.29, 1.82) is 5.26 Å². The molecule has 0 amide bonds. The molecule has 0 saturated carbocycles. The fraction of sp³-hybridized carbons (Fsp3) is 0.250. The third kappa shape index (κ3) is 5.97. The van der Waals surface area contributed by atoms with E-state index in [0.717, 1.165) is 10.0 Å². The third-order valence-corrected chi connectivity index (χ3v) is 5.12. The van der Waals surface area contributed by atoms with E-state index in [4.69, 9.17) is 22.7 Å². The monoisotopic (exact) mass is 445 g/mol. The van der Waals surface area contributed by atoms with Crippen LogP contribution in [0.3, 0.4) is 0 Å². The smallest absolute Gasteiger partial charge is 0.243 e. The summed E-state index contributed by atoms with van der Waals surface area (Å²) in [5.41, 5.74) is 2.62.